The number of rotatable bonds is 8. The molecule has 3 aromatic rings. The lowest BCUT2D eigenvalue weighted by atomic mass is 10.2. The van der Waals surface area contributed by atoms with E-state index in [0.717, 1.165) is 0 Å². The SMILES string of the molecule is C#CCNS(=O)(=O)c1cccc(C(=O)Nc2ccc(-n3ccc(C(=O)OCC)n3)cc2)c1. The van der Waals surface area contributed by atoms with Gasteiger partial charge in [0, 0.05) is 17.4 Å². The summed E-state index contributed by atoms with van der Waals surface area (Å²) in [5.74, 6) is 1.21. The molecule has 0 saturated carbocycles. The Bertz CT molecular complexity index is 1270. The number of sulfonamides is 1. The number of carbonyl (C=O) groups excluding carboxylic acids is 2. The summed E-state index contributed by atoms with van der Waals surface area (Å²) in [5, 5.41) is 6.88. The van der Waals surface area contributed by atoms with E-state index in [4.69, 9.17) is 11.2 Å². The van der Waals surface area contributed by atoms with Crippen molar-refractivity contribution in [2.45, 2.75) is 11.8 Å². The van der Waals surface area contributed by atoms with Crippen LogP contribution >= 0.6 is 0 Å². The fourth-order valence-electron chi connectivity index (χ4n) is 2.71. The van der Waals surface area contributed by atoms with E-state index in [1.807, 2.05) is 0 Å². The topological polar surface area (TPSA) is 119 Å². The summed E-state index contributed by atoms with van der Waals surface area (Å²) in [6.45, 7) is 1.83. The number of benzene rings is 2. The molecule has 0 aliphatic rings. The molecule has 0 spiro atoms. The molecule has 0 bridgehead atoms. The van der Waals surface area contributed by atoms with Gasteiger partial charge in [0.2, 0.25) is 10.0 Å². The maximum atomic E-state index is 12.6. The minimum atomic E-state index is -3.81. The Labute approximate surface area is 185 Å². The maximum absolute atomic E-state index is 12.6. The average molecular weight is 452 g/mol. The minimum absolute atomic E-state index is 0.0631. The lowest BCUT2D eigenvalue weighted by Gasteiger charge is -2.09. The molecule has 1 heterocycles. The van der Waals surface area contributed by atoms with Crippen LogP contribution in [-0.2, 0) is 14.8 Å². The van der Waals surface area contributed by atoms with Crippen molar-refractivity contribution in [3.05, 3.63) is 72.1 Å². The van der Waals surface area contributed by atoms with Gasteiger partial charge in [0.15, 0.2) is 5.69 Å². The molecule has 0 radical (unpaired) electrons. The number of hydrogen-bond acceptors (Lipinski definition) is 6. The predicted octanol–water partition coefficient (Wildman–Crippen LogP) is 2.21. The second kappa shape index (κ2) is 9.91. The van der Waals surface area contributed by atoms with Gasteiger partial charge >= 0.3 is 5.97 Å². The highest BCUT2D eigenvalue weighted by atomic mass is 32.2. The first kappa shape index (κ1) is 22.7. The van der Waals surface area contributed by atoms with Crippen LogP contribution in [0.5, 0.6) is 0 Å². The van der Waals surface area contributed by atoms with Crippen LogP contribution in [0.1, 0.15) is 27.8 Å². The van der Waals surface area contributed by atoms with Crippen LogP contribution in [0, 0.1) is 12.3 Å². The monoisotopic (exact) mass is 452 g/mol. The number of aromatic nitrogens is 2. The predicted molar refractivity (Wildman–Crippen MR) is 118 cm³/mol. The number of anilines is 1. The van der Waals surface area contributed by atoms with Gasteiger partial charge < -0.3 is 10.1 Å². The normalized spacial score (nSPS) is 10.9. The zero-order valence-corrected chi connectivity index (χ0v) is 17.9. The quantitative estimate of drug-likeness (QED) is 0.400. The van der Waals surface area contributed by atoms with E-state index in [1.54, 1.807) is 43.5 Å². The molecule has 2 N–H and O–H groups in total. The summed E-state index contributed by atoms with van der Waals surface area (Å²) in [6, 6.07) is 13.9. The fourth-order valence-corrected chi connectivity index (χ4v) is 3.69. The van der Waals surface area contributed by atoms with E-state index in [0.29, 0.717) is 11.4 Å². The van der Waals surface area contributed by atoms with E-state index < -0.39 is 21.9 Å². The molecule has 0 aliphatic carbocycles. The van der Waals surface area contributed by atoms with E-state index in [-0.39, 0.29) is 29.3 Å². The van der Waals surface area contributed by atoms with Crippen LogP contribution in [-0.4, -0.2) is 43.2 Å². The van der Waals surface area contributed by atoms with Gasteiger partial charge in [-0.3, -0.25) is 4.79 Å². The molecule has 0 aliphatic heterocycles. The number of nitrogens with zero attached hydrogens (tertiary/aromatic N) is 2. The van der Waals surface area contributed by atoms with Gasteiger partial charge in [-0.2, -0.15) is 9.82 Å². The lowest BCUT2D eigenvalue weighted by molar-refractivity contribution is 0.0518. The zero-order chi connectivity index (χ0) is 23.1. The van der Waals surface area contributed by atoms with Crippen LogP contribution in [0.15, 0.2) is 65.7 Å². The second-order valence-electron chi connectivity index (χ2n) is 6.42. The molecular formula is C22H20N4O5S. The lowest BCUT2D eigenvalue weighted by Crippen LogP contribution is -2.24. The number of hydrogen-bond donors (Lipinski definition) is 2. The number of terminal acetylenes is 1. The molecule has 3 rings (SSSR count). The Morgan fingerprint density at radius 2 is 1.91 bits per heavy atom. The van der Waals surface area contributed by atoms with Crippen LogP contribution in [0.25, 0.3) is 5.69 Å². The molecule has 32 heavy (non-hydrogen) atoms. The van der Waals surface area contributed by atoms with Gasteiger partial charge in [0.05, 0.1) is 23.7 Å². The summed E-state index contributed by atoms with van der Waals surface area (Å²) >= 11 is 0. The van der Waals surface area contributed by atoms with Gasteiger partial charge in [0.1, 0.15) is 0 Å². The number of ether oxygens (including phenoxy) is 1. The number of esters is 1. The summed E-state index contributed by atoms with van der Waals surface area (Å²) in [5.41, 5.74) is 1.53. The number of nitrogens with one attached hydrogen (secondary N) is 2. The van der Waals surface area contributed by atoms with Gasteiger partial charge in [-0.15, -0.1) is 6.42 Å². The highest BCUT2D eigenvalue weighted by molar-refractivity contribution is 7.89. The van der Waals surface area contributed by atoms with Crippen molar-refractivity contribution in [2.75, 3.05) is 18.5 Å². The molecule has 9 nitrogen and oxygen atoms in total. The van der Waals surface area contributed by atoms with Crippen molar-refractivity contribution in [3.63, 3.8) is 0 Å². The van der Waals surface area contributed by atoms with Crippen LogP contribution in [0.2, 0.25) is 0 Å². The molecular weight excluding hydrogens is 432 g/mol. The van der Waals surface area contributed by atoms with Crippen molar-refractivity contribution in [3.8, 4) is 18.0 Å². The third-order valence-corrected chi connectivity index (χ3v) is 5.63. The molecule has 0 fully saturated rings. The van der Waals surface area contributed by atoms with E-state index in [2.05, 4.69) is 21.1 Å². The first-order chi connectivity index (χ1) is 15.3. The Morgan fingerprint density at radius 1 is 1.16 bits per heavy atom. The zero-order valence-electron chi connectivity index (χ0n) is 17.1. The highest BCUT2D eigenvalue weighted by Gasteiger charge is 2.16. The number of amides is 1. The highest BCUT2D eigenvalue weighted by Crippen LogP contribution is 2.16. The van der Waals surface area contributed by atoms with Gasteiger partial charge in [-0.05, 0) is 55.5 Å². The Hall–Kier alpha value is -3.94. The first-order valence-corrected chi connectivity index (χ1v) is 11.0. The van der Waals surface area contributed by atoms with Crippen molar-refractivity contribution in [1.82, 2.24) is 14.5 Å². The van der Waals surface area contributed by atoms with Crippen molar-refractivity contribution >= 4 is 27.6 Å². The summed E-state index contributed by atoms with van der Waals surface area (Å²) < 4.78 is 33.1. The van der Waals surface area contributed by atoms with Gasteiger partial charge in [-0.1, -0.05) is 12.0 Å². The van der Waals surface area contributed by atoms with E-state index in [9.17, 15) is 18.0 Å². The molecule has 1 aromatic heterocycles. The van der Waals surface area contributed by atoms with E-state index in [1.165, 1.54) is 28.9 Å². The van der Waals surface area contributed by atoms with Crippen LogP contribution in [0.4, 0.5) is 5.69 Å². The summed E-state index contributed by atoms with van der Waals surface area (Å²) in [7, 11) is -3.81. The summed E-state index contributed by atoms with van der Waals surface area (Å²) in [6.07, 6.45) is 6.71. The Kier molecular flexibility index (Phi) is 7.04. The molecule has 164 valence electrons. The maximum Gasteiger partial charge on any atom is 0.358 e. The Morgan fingerprint density at radius 3 is 2.59 bits per heavy atom. The second-order valence-corrected chi connectivity index (χ2v) is 8.19. The molecule has 2 aromatic carbocycles. The van der Waals surface area contributed by atoms with E-state index >= 15 is 0 Å². The van der Waals surface area contributed by atoms with Gasteiger partial charge in [0.25, 0.3) is 5.91 Å². The third kappa shape index (κ3) is 5.40. The van der Waals surface area contributed by atoms with Crippen molar-refractivity contribution in [1.29, 1.82) is 0 Å². The van der Waals surface area contributed by atoms with Crippen molar-refractivity contribution < 1.29 is 22.7 Å². The molecule has 0 atom stereocenters. The average Bonchev–Trinajstić information content (AvgIpc) is 3.29. The van der Waals surface area contributed by atoms with Gasteiger partial charge in [-0.25, -0.2) is 17.9 Å². The standard InChI is InChI=1S/C22H20N4O5S/c1-3-13-23-32(29,30)19-7-5-6-16(15-19)21(27)24-17-8-10-18(11-9-17)26-14-12-20(25-26)22(28)31-4-2/h1,5-12,14-15,23H,4,13H2,2H3,(H,24,27). The summed E-state index contributed by atoms with van der Waals surface area (Å²) in [4.78, 5) is 24.3. The van der Waals surface area contributed by atoms with Crippen molar-refractivity contribution in [2.24, 2.45) is 0 Å². The largest absolute Gasteiger partial charge is 0.461 e. The smallest absolute Gasteiger partial charge is 0.358 e. The molecule has 1 amide bonds. The minimum Gasteiger partial charge on any atom is -0.461 e. The molecule has 10 heteroatoms. The first-order valence-electron chi connectivity index (χ1n) is 9.52. The fraction of sp³-hybridized carbons (Fsp3) is 0.136. The Balaban J connectivity index is 1.71. The molecule has 0 unspecified atom stereocenters. The van der Waals surface area contributed by atoms with Crippen LogP contribution < -0.4 is 10.0 Å². The third-order valence-electron chi connectivity index (χ3n) is 4.23. The number of carbonyl (C=O) groups is 2. The molecule has 0 saturated heterocycles. The van der Waals surface area contributed by atoms with Crippen LogP contribution in [0.3, 0.4) is 0 Å².